The molecule has 1 aliphatic heterocycles. The summed E-state index contributed by atoms with van der Waals surface area (Å²) in [4.78, 5) is 24.0. The first-order chi connectivity index (χ1) is 14.1. The van der Waals surface area contributed by atoms with Crippen LogP contribution in [0.1, 0.15) is 37.7 Å². The molecular weight excluding hydrogens is 393 g/mol. The Morgan fingerprint density at radius 2 is 2.14 bits per heavy atom. The first-order valence-corrected chi connectivity index (χ1v) is 11.1. The van der Waals surface area contributed by atoms with Crippen molar-refractivity contribution in [3.63, 3.8) is 0 Å². The van der Waals surface area contributed by atoms with Crippen LogP contribution in [0.2, 0.25) is 0 Å². The maximum absolute atomic E-state index is 14.0. The van der Waals surface area contributed by atoms with Crippen LogP contribution in [0.4, 0.5) is 9.18 Å². The normalized spacial score (nSPS) is 20.4. The fourth-order valence-corrected chi connectivity index (χ4v) is 4.20. The summed E-state index contributed by atoms with van der Waals surface area (Å²) < 4.78 is 23.2. The second-order valence-electron chi connectivity index (χ2n) is 7.93. The van der Waals surface area contributed by atoms with Crippen LogP contribution in [0.15, 0.2) is 30.4 Å². The van der Waals surface area contributed by atoms with E-state index in [1.165, 1.54) is 23.8 Å². The van der Waals surface area contributed by atoms with E-state index in [9.17, 15) is 14.0 Å². The molecule has 2 saturated carbocycles. The molecule has 0 atom stereocenters. The van der Waals surface area contributed by atoms with Crippen LogP contribution >= 0.6 is 11.9 Å². The summed E-state index contributed by atoms with van der Waals surface area (Å²) in [6.07, 6.45) is 9.21. The number of carbonyl (C=O) groups is 2. The molecule has 1 aromatic rings. The Balaban J connectivity index is 1.19. The molecule has 1 saturated heterocycles. The van der Waals surface area contributed by atoms with Gasteiger partial charge in [0.2, 0.25) is 5.91 Å². The van der Waals surface area contributed by atoms with Gasteiger partial charge in [-0.15, -0.1) is 0 Å². The standard InChI is InChI=1S/C21H26FN3O3S/c22-17-7-6-16(12-18(17)28-14-15-4-5-15)21(8-9-21)24-29-11-3-1-2-10-25-13-19(26)23-20(25)27/h1-2,6-7,12,15,24H,3-5,8-11,13-14H2,(H,23,26,27)/b2-1+. The number of imide groups is 1. The number of amides is 3. The Labute approximate surface area is 174 Å². The molecule has 1 heterocycles. The minimum absolute atomic E-state index is 0.0895. The van der Waals surface area contributed by atoms with Gasteiger partial charge in [0, 0.05) is 12.3 Å². The van der Waals surface area contributed by atoms with E-state index in [1.54, 1.807) is 11.9 Å². The molecule has 6 nitrogen and oxygen atoms in total. The van der Waals surface area contributed by atoms with E-state index >= 15 is 0 Å². The minimum atomic E-state index is -0.328. The van der Waals surface area contributed by atoms with Crippen molar-refractivity contribution in [3.05, 3.63) is 41.7 Å². The van der Waals surface area contributed by atoms with Crippen LogP contribution in [-0.2, 0) is 10.3 Å². The fraction of sp³-hybridized carbons (Fsp3) is 0.524. The van der Waals surface area contributed by atoms with Gasteiger partial charge in [0.25, 0.3) is 0 Å². The molecule has 4 rings (SSSR count). The molecule has 0 bridgehead atoms. The molecule has 29 heavy (non-hydrogen) atoms. The summed E-state index contributed by atoms with van der Waals surface area (Å²) in [5, 5.41) is 2.26. The predicted octanol–water partition coefficient (Wildman–Crippen LogP) is 3.34. The van der Waals surface area contributed by atoms with E-state index in [0.717, 1.165) is 30.6 Å². The summed E-state index contributed by atoms with van der Waals surface area (Å²) in [7, 11) is 0. The van der Waals surface area contributed by atoms with Crippen LogP contribution in [-0.4, -0.2) is 42.3 Å². The number of benzene rings is 1. The van der Waals surface area contributed by atoms with Crippen molar-refractivity contribution >= 4 is 23.9 Å². The number of halogens is 1. The van der Waals surface area contributed by atoms with Gasteiger partial charge < -0.3 is 9.64 Å². The highest BCUT2D eigenvalue weighted by Crippen LogP contribution is 2.48. The highest BCUT2D eigenvalue weighted by Gasteiger charge is 2.44. The molecule has 3 amide bonds. The van der Waals surface area contributed by atoms with Crippen molar-refractivity contribution in [2.75, 3.05) is 25.4 Å². The molecule has 8 heteroatoms. The van der Waals surface area contributed by atoms with Crippen LogP contribution < -0.4 is 14.8 Å². The van der Waals surface area contributed by atoms with E-state index < -0.39 is 0 Å². The van der Waals surface area contributed by atoms with Gasteiger partial charge in [-0.2, -0.15) is 0 Å². The number of rotatable bonds is 11. The van der Waals surface area contributed by atoms with Crippen LogP contribution in [0, 0.1) is 11.7 Å². The van der Waals surface area contributed by atoms with Crippen molar-refractivity contribution in [2.45, 2.75) is 37.6 Å². The summed E-state index contributed by atoms with van der Waals surface area (Å²) in [5.41, 5.74) is 0.991. The zero-order chi connectivity index (χ0) is 20.3. The van der Waals surface area contributed by atoms with Crippen molar-refractivity contribution in [2.24, 2.45) is 5.92 Å². The van der Waals surface area contributed by atoms with Crippen LogP contribution in [0.3, 0.4) is 0 Å². The quantitative estimate of drug-likeness (QED) is 0.249. The SMILES string of the molecule is O=C1CN(C/C=C/CCSNC2(c3ccc(F)c(OCC4CC4)c3)CC2)C(=O)N1. The van der Waals surface area contributed by atoms with E-state index in [4.69, 9.17) is 4.74 Å². The highest BCUT2D eigenvalue weighted by molar-refractivity contribution is 7.97. The molecule has 2 aliphatic carbocycles. The van der Waals surface area contributed by atoms with Crippen LogP contribution in [0.5, 0.6) is 5.75 Å². The highest BCUT2D eigenvalue weighted by atomic mass is 32.2. The first-order valence-electron chi connectivity index (χ1n) is 10.1. The second-order valence-corrected chi connectivity index (χ2v) is 8.83. The van der Waals surface area contributed by atoms with Crippen molar-refractivity contribution in [3.8, 4) is 5.75 Å². The number of ether oxygens (including phenoxy) is 1. The molecule has 2 N–H and O–H groups in total. The largest absolute Gasteiger partial charge is 0.490 e. The number of urea groups is 1. The third-order valence-corrected chi connectivity index (χ3v) is 6.39. The molecule has 156 valence electrons. The molecule has 3 aliphatic rings. The number of allylic oxidation sites excluding steroid dienone is 1. The number of nitrogens with zero attached hydrogens (tertiary/aromatic N) is 1. The second kappa shape index (κ2) is 8.75. The maximum atomic E-state index is 14.0. The molecular formula is C21H26FN3O3S. The van der Waals surface area contributed by atoms with Gasteiger partial charge >= 0.3 is 6.03 Å². The number of hydrogen-bond donors (Lipinski definition) is 2. The number of nitrogens with one attached hydrogen (secondary N) is 2. The lowest BCUT2D eigenvalue weighted by atomic mass is 10.1. The van der Waals surface area contributed by atoms with Crippen molar-refractivity contribution in [1.29, 1.82) is 0 Å². The smallest absolute Gasteiger partial charge is 0.324 e. The number of hydrogen-bond acceptors (Lipinski definition) is 5. The Morgan fingerprint density at radius 1 is 1.31 bits per heavy atom. The summed E-state index contributed by atoms with van der Waals surface area (Å²) in [6.45, 7) is 1.18. The topological polar surface area (TPSA) is 70.7 Å². The van der Waals surface area contributed by atoms with Crippen molar-refractivity contribution < 1.29 is 18.7 Å². The lowest BCUT2D eigenvalue weighted by Crippen LogP contribution is -2.28. The van der Waals surface area contributed by atoms with E-state index in [0.29, 0.717) is 24.8 Å². The third kappa shape index (κ3) is 5.30. The van der Waals surface area contributed by atoms with Gasteiger partial charge in [-0.05, 0) is 55.7 Å². The Morgan fingerprint density at radius 3 is 2.83 bits per heavy atom. The molecule has 3 fully saturated rings. The fourth-order valence-electron chi connectivity index (χ4n) is 3.24. The average Bonchev–Trinajstić information content (AvgIpc) is 3.61. The molecule has 0 spiro atoms. The van der Waals surface area contributed by atoms with Gasteiger partial charge in [0.15, 0.2) is 11.6 Å². The van der Waals surface area contributed by atoms with E-state index in [1.807, 2.05) is 24.3 Å². The lowest BCUT2D eigenvalue weighted by Gasteiger charge is -2.18. The van der Waals surface area contributed by atoms with Gasteiger partial charge in [-0.1, -0.05) is 30.2 Å². The van der Waals surface area contributed by atoms with Crippen molar-refractivity contribution in [1.82, 2.24) is 14.9 Å². The van der Waals surface area contributed by atoms with E-state index in [-0.39, 0.29) is 29.8 Å². The third-order valence-electron chi connectivity index (χ3n) is 5.42. The van der Waals surface area contributed by atoms with Crippen LogP contribution in [0.25, 0.3) is 0 Å². The zero-order valence-corrected chi connectivity index (χ0v) is 17.1. The van der Waals surface area contributed by atoms with Gasteiger partial charge in [-0.25, -0.2) is 9.18 Å². The van der Waals surface area contributed by atoms with Gasteiger partial charge in [-0.3, -0.25) is 14.8 Å². The minimum Gasteiger partial charge on any atom is -0.490 e. The summed E-state index contributed by atoms with van der Waals surface area (Å²) in [6, 6.07) is 4.88. The zero-order valence-electron chi connectivity index (χ0n) is 16.3. The Hall–Kier alpha value is -2.06. The average molecular weight is 420 g/mol. The predicted molar refractivity (Wildman–Crippen MR) is 110 cm³/mol. The van der Waals surface area contributed by atoms with E-state index in [2.05, 4.69) is 10.0 Å². The Bertz CT molecular complexity index is 808. The molecule has 0 aromatic heterocycles. The first kappa shape index (κ1) is 20.2. The van der Waals surface area contributed by atoms with Gasteiger partial charge in [0.05, 0.1) is 12.1 Å². The lowest BCUT2D eigenvalue weighted by molar-refractivity contribution is -0.118. The number of carbonyl (C=O) groups excluding carboxylic acids is 2. The Kier molecular flexibility index (Phi) is 6.10. The van der Waals surface area contributed by atoms with Gasteiger partial charge in [0.1, 0.15) is 6.54 Å². The summed E-state index contributed by atoms with van der Waals surface area (Å²) in [5.74, 6) is 1.29. The maximum Gasteiger partial charge on any atom is 0.324 e. The molecule has 0 radical (unpaired) electrons. The monoisotopic (exact) mass is 419 g/mol. The molecule has 1 aromatic carbocycles. The molecule has 0 unspecified atom stereocenters. The summed E-state index contributed by atoms with van der Waals surface area (Å²) >= 11 is 1.66.